The number of carbonyl (C=O) groups is 1. The molecule has 0 aliphatic rings. The van der Waals surface area contributed by atoms with E-state index in [4.69, 9.17) is 4.42 Å². The smallest absolute Gasteiger partial charge is 0.339 e. The highest BCUT2D eigenvalue weighted by atomic mass is 16.4. The molecule has 0 saturated carbocycles. The Morgan fingerprint density at radius 1 is 1.10 bits per heavy atom. The van der Waals surface area contributed by atoms with Crippen LogP contribution in [0, 0.1) is 13.8 Å². The van der Waals surface area contributed by atoms with Crippen molar-refractivity contribution in [2.24, 2.45) is 0 Å². The van der Waals surface area contributed by atoms with Gasteiger partial charge in [0.1, 0.15) is 16.9 Å². The highest BCUT2D eigenvalue weighted by Crippen LogP contribution is 2.27. The summed E-state index contributed by atoms with van der Waals surface area (Å²) in [4.78, 5) is 11.4. The summed E-state index contributed by atoms with van der Waals surface area (Å²) in [5.41, 5.74) is 4.40. The average Bonchev–Trinajstić information content (AvgIpc) is 2.74. The second kappa shape index (κ2) is 5.09. The van der Waals surface area contributed by atoms with Crippen LogP contribution in [0.5, 0.6) is 0 Å². The molecule has 3 aromatic rings. The first kappa shape index (κ1) is 13.4. The lowest BCUT2D eigenvalue weighted by Crippen LogP contribution is -1.97. The zero-order valence-electron chi connectivity index (χ0n) is 12.0. The fourth-order valence-electron chi connectivity index (χ4n) is 2.70. The molecule has 0 saturated heterocycles. The SMILES string of the molecule is Cc1cccc(Cc2ccc3oc(C)c(C(=O)O)c3c2)c1. The van der Waals surface area contributed by atoms with Crippen LogP contribution in [0.4, 0.5) is 0 Å². The summed E-state index contributed by atoms with van der Waals surface area (Å²) in [6, 6.07) is 14.1. The molecule has 2 aromatic carbocycles. The summed E-state index contributed by atoms with van der Waals surface area (Å²) in [7, 11) is 0. The Kier molecular flexibility index (Phi) is 3.26. The first-order valence-electron chi connectivity index (χ1n) is 6.85. The van der Waals surface area contributed by atoms with Crippen LogP contribution < -0.4 is 0 Å². The normalized spacial score (nSPS) is 11.0. The van der Waals surface area contributed by atoms with Crippen LogP contribution in [0.25, 0.3) is 11.0 Å². The third kappa shape index (κ3) is 2.55. The number of rotatable bonds is 3. The molecule has 0 unspecified atom stereocenters. The van der Waals surface area contributed by atoms with Crippen LogP contribution in [0.15, 0.2) is 46.9 Å². The van der Waals surface area contributed by atoms with Crippen molar-refractivity contribution < 1.29 is 14.3 Å². The maximum atomic E-state index is 11.4. The summed E-state index contributed by atoms with van der Waals surface area (Å²) >= 11 is 0. The average molecular weight is 280 g/mol. The lowest BCUT2D eigenvalue weighted by molar-refractivity contribution is 0.0697. The largest absolute Gasteiger partial charge is 0.478 e. The van der Waals surface area contributed by atoms with Gasteiger partial charge in [-0.3, -0.25) is 0 Å². The molecular weight excluding hydrogens is 264 g/mol. The lowest BCUT2D eigenvalue weighted by atomic mass is 10.0. The van der Waals surface area contributed by atoms with E-state index in [2.05, 4.69) is 25.1 Å². The molecule has 0 aliphatic carbocycles. The van der Waals surface area contributed by atoms with E-state index in [9.17, 15) is 9.90 Å². The van der Waals surface area contributed by atoms with Gasteiger partial charge in [-0.15, -0.1) is 0 Å². The molecule has 1 N–H and O–H groups in total. The van der Waals surface area contributed by atoms with Crippen molar-refractivity contribution in [3.8, 4) is 0 Å². The van der Waals surface area contributed by atoms with Gasteiger partial charge >= 0.3 is 5.97 Å². The molecule has 0 atom stereocenters. The monoisotopic (exact) mass is 280 g/mol. The number of furan rings is 1. The number of fused-ring (bicyclic) bond motifs is 1. The van der Waals surface area contributed by atoms with Gasteiger partial charge in [0.05, 0.1) is 0 Å². The van der Waals surface area contributed by atoms with Gasteiger partial charge in [-0.25, -0.2) is 4.79 Å². The van der Waals surface area contributed by atoms with Crippen molar-refractivity contribution in [3.05, 3.63) is 70.5 Å². The number of aromatic carboxylic acids is 1. The van der Waals surface area contributed by atoms with Crippen LogP contribution in [-0.4, -0.2) is 11.1 Å². The lowest BCUT2D eigenvalue weighted by Gasteiger charge is -2.03. The molecule has 3 heteroatoms. The van der Waals surface area contributed by atoms with E-state index in [1.54, 1.807) is 6.92 Å². The molecule has 0 bridgehead atoms. The van der Waals surface area contributed by atoms with E-state index in [0.29, 0.717) is 16.7 Å². The first-order chi connectivity index (χ1) is 10.0. The van der Waals surface area contributed by atoms with Gasteiger partial charge < -0.3 is 9.52 Å². The number of hydrogen-bond acceptors (Lipinski definition) is 2. The molecule has 1 heterocycles. The van der Waals surface area contributed by atoms with E-state index in [0.717, 1.165) is 12.0 Å². The van der Waals surface area contributed by atoms with E-state index in [1.165, 1.54) is 11.1 Å². The van der Waals surface area contributed by atoms with E-state index in [-0.39, 0.29) is 5.56 Å². The van der Waals surface area contributed by atoms with Crippen molar-refractivity contribution in [3.63, 3.8) is 0 Å². The third-order valence-corrected chi connectivity index (χ3v) is 3.63. The van der Waals surface area contributed by atoms with Crippen LogP contribution in [0.1, 0.15) is 32.8 Å². The minimum Gasteiger partial charge on any atom is -0.478 e. The molecule has 0 radical (unpaired) electrons. The molecule has 106 valence electrons. The Bertz CT molecular complexity index is 828. The molecular formula is C18H16O3. The zero-order chi connectivity index (χ0) is 15.0. The molecule has 21 heavy (non-hydrogen) atoms. The molecule has 0 aliphatic heterocycles. The third-order valence-electron chi connectivity index (χ3n) is 3.63. The number of benzene rings is 2. The summed E-state index contributed by atoms with van der Waals surface area (Å²) in [6.45, 7) is 3.75. The van der Waals surface area contributed by atoms with Gasteiger partial charge in [-0.05, 0) is 43.5 Å². The Hall–Kier alpha value is -2.55. The first-order valence-corrected chi connectivity index (χ1v) is 6.85. The Balaban J connectivity index is 2.04. The summed E-state index contributed by atoms with van der Waals surface area (Å²) < 4.78 is 5.50. The van der Waals surface area contributed by atoms with Gasteiger partial charge in [0.25, 0.3) is 0 Å². The van der Waals surface area contributed by atoms with Crippen molar-refractivity contribution >= 4 is 16.9 Å². The fraction of sp³-hybridized carbons (Fsp3) is 0.167. The Morgan fingerprint density at radius 2 is 1.86 bits per heavy atom. The maximum absolute atomic E-state index is 11.4. The predicted molar refractivity (Wildman–Crippen MR) is 81.9 cm³/mol. The Labute approximate surface area is 122 Å². The highest BCUT2D eigenvalue weighted by Gasteiger charge is 2.17. The number of aryl methyl sites for hydroxylation is 2. The minimum absolute atomic E-state index is 0.260. The molecule has 0 amide bonds. The van der Waals surface area contributed by atoms with Crippen molar-refractivity contribution in [1.29, 1.82) is 0 Å². The summed E-state index contributed by atoms with van der Waals surface area (Å²) in [5.74, 6) is -0.496. The number of carboxylic acids is 1. The van der Waals surface area contributed by atoms with Crippen molar-refractivity contribution in [1.82, 2.24) is 0 Å². The van der Waals surface area contributed by atoms with Gasteiger partial charge in [0.15, 0.2) is 0 Å². The van der Waals surface area contributed by atoms with Gasteiger partial charge in [-0.2, -0.15) is 0 Å². The standard InChI is InChI=1S/C18H16O3/c1-11-4-3-5-13(8-11)9-14-6-7-16-15(10-14)17(18(19)20)12(2)21-16/h3-8,10H,9H2,1-2H3,(H,19,20). The van der Waals surface area contributed by atoms with Crippen LogP contribution in [0.2, 0.25) is 0 Å². The van der Waals surface area contributed by atoms with Gasteiger partial charge in [-0.1, -0.05) is 35.9 Å². The van der Waals surface area contributed by atoms with Crippen molar-refractivity contribution in [2.75, 3.05) is 0 Å². The Morgan fingerprint density at radius 3 is 2.57 bits per heavy atom. The molecule has 0 spiro atoms. The second-order valence-electron chi connectivity index (χ2n) is 5.33. The van der Waals surface area contributed by atoms with E-state index < -0.39 is 5.97 Å². The second-order valence-corrected chi connectivity index (χ2v) is 5.33. The van der Waals surface area contributed by atoms with Gasteiger partial charge in [0.2, 0.25) is 0 Å². The summed E-state index contributed by atoms with van der Waals surface area (Å²) in [6.07, 6.45) is 0.779. The van der Waals surface area contributed by atoms with E-state index in [1.807, 2.05) is 24.3 Å². The summed E-state index contributed by atoms with van der Waals surface area (Å²) in [5, 5.41) is 9.98. The molecule has 1 aromatic heterocycles. The molecule has 3 nitrogen and oxygen atoms in total. The number of hydrogen-bond donors (Lipinski definition) is 1. The molecule has 0 fully saturated rings. The maximum Gasteiger partial charge on any atom is 0.339 e. The highest BCUT2D eigenvalue weighted by molar-refractivity contribution is 6.03. The zero-order valence-corrected chi connectivity index (χ0v) is 12.0. The van der Waals surface area contributed by atoms with Crippen LogP contribution >= 0.6 is 0 Å². The van der Waals surface area contributed by atoms with E-state index >= 15 is 0 Å². The topological polar surface area (TPSA) is 50.4 Å². The fourth-order valence-corrected chi connectivity index (χ4v) is 2.70. The minimum atomic E-state index is -0.945. The molecule has 3 rings (SSSR count). The van der Waals surface area contributed by atoms with Crippen LogP contribution in [-0.2, 0) is 6.42 Å². The van der Waals surface area contributed by atoms with Crippen LogP contribution in [0.3, 0.4) is 0 Å². The predicted octanol–water partition coefficient (Wildman–Crippen LogP) is 4.34. The van der Waals surface area contributed by atoms with Gasteiger partial charge in [0, 0.05) is 5.39 Å². The number of carboxylic acid groups (broad SMARTS) is 1. The van der Waals surface area contributed by atoms with Crippen molar-refractivity contribution in [2.45, 2.75) is 20.3 Å². The quantitative estimate of drug-likeness (QED) is 0.776.